The number of carbonyl (C=O) groups excluding carboxylic acids is 2. The van der Waals surface area contributed by atoms with Crippen LogP contribution in [0.15, 0.2) is 71.7 Å². The lowest BCUT2D eigenvalue weighted by Crippen LogP contribution is -2.58. The highest BCUT2D eigenvalue weighted by molar-refractivity contribution is 5.99. The molecule has 0 saturated carbocycles. The fourth-order valence-corrected chi connectivity index (χ4v) is 4.50. The summed E-state index contributed by atoms with van der Waals surface area (Å²) in [5.41, 5.74) is -0.124. The molecule has 1 aromatic heterocycles. The molecule has 2 bridgehead atoms. The van der Waals surface area contributed by atoms with Crippen molar-refractivity contribution in [2.24, 2.45) is 0 Å². The van der Waals surface area contributed by atoms with Crippen molar-refractivity contribution in [1.29, 1.82) is 0 Å². The molecule has 3 aromatic rings. The molecule has 196 valence electrons. The van der Waals surface area contributed by atoms with Gasteiger partial charge in [0.2, 0.25) is 5.43 Å². The Bertz CT molecular complexity index is 1470. The third-order valence-corrected chi connectivity index (χ3v) is 6.63. The number of amides is 2. The second-order valence-electron chi connectivity index (χ2n) is 9.25. The molecule has 2 aliphatic rings. The molecule has 1 atom stereocenters. The van der Waals surface area contributed by atoms with Gasteiger partial charge in [0.05, 0.1) is 0 Å². The molecule has 2 aliphatic heterocycles. The fraction of sp³-hybridized carbons (Fsp3) is 0.250. The van der Waals surface area contributed by atoms with Gasteiger partial charge < -0.3 is 15.0 Å². The Morgan fingerprint density at radius 1 is 1.11 bits per heavy atom. The van der Waals surface area contributed by atoms with Crippen molar-refractivity contribution >= 4 is 11.8 Å². The van der Waals surface area contributed by atoms with Gasteiger partial charge >= 0.3 is 0 Å². The fourth-order valence-electron chi connectivity index (χ4n) is 4.50. The molecular weight excluding hydrogens is 494 g/mol. The van der Waals surface area contributed by atoms with Crippen LogP contribution in [0.2, 0.25) is 0 Å². The van der Waals surface area contributed by atoms with Gasteiger partial charge in [-0.1, -0.05) is 48.6 Å². The highest BCUT2D eigenvalue weighted by Gasteiger charge is 2.36. The summed E-state index contributed by atoms with van der Waals surface area (Å²) in [6, 6.07) is 12.1. The van der Waals surface area contributed by atoms with E-state index >= 15 is 0 Å². The van der Waals surface area contributed by atoms with Crippen molar-refractivity contribution in [1.82, 2.24) is 14.9 Å². The van der Waals surface area contributed by atoms with Crippen molar-refractivity contribution in [2.75, 3.05) is 18.2 Å². The summed E-state index contributed by atoms with van der Waals surface area (Å²) in [6.07, 6.45) is 5.93. The van der Waals surface area contributed by atoms with Crippen LogP contribution >= 0.6 is 0 Å². The van der Waals surface area contributed by atoms with Crippen LogP contribution in [-0.4, -0.2) is 40.6 Å². The third kappa shape index (κ3) is 4.89. The van der Waals surface area contributed by atoms with E-state index in [0.29, 0.717) is 13.0 Å². The monoisotopic (exact) mass is 520 g/mol. The van der Waals surface area contributed by atoms with E-state index in [2.05, 4.69) is 5.32 Å². The number of ether oxygens (including phenoxy) is 1. The Labute approximate surface area is 217 Å². The number of aromatic nitrogens is 1. The quantitative estimate of drug-likeness (QED) is 0.504. The maximum absolute atomic E-state index is 14.1. The van der Waals surface area contributed by atoms with Crippen LogP contribution < -0.4 is 20.5 Å². The van der Waals surface area contributed by atoms with E-state index in [1.54, 1.807) is 4.90 Å². The Hall–Kier alpha value is -4.47. The second kappa shape index (κ2) is 10.5. The van der Waals surface area contributed by atoms with E-state index in [-0.39, 0.29) is 54.3 Å². The molecule has 1 N–H and O–H groups in total. The number of fused-ring (bicyclic) bond motifs is 4. The summed E-state index contributed by atoms with van der Waals surface area (Å²) in [5.74, 6) is -2.94. The number of rotatable bonds is 6. The molecule has 10 heteroatoms. The van der Waals surface area contributed by atoms with E-state index in [1.807, 2.05) is 54.4 Å². The minimum absolute atomic E-state index is 0.0116. The number of carbonyl (C=O) groups is 2. The molecule has 0 radical (unpaired) electrons. The van der Waals surface area contributed by atoms with E-state index in [9.17, 15) is 23.2 Å². The summed E-state index contributed by atoms with van der Waals surface area (Å²) in [6.45, 7) is 2.37. The Balaban J connectivity index is 1.55. The third-order valence-electron chi connectivity index (χ3n) is 6.63. The van der Waals surface area contributed by atoms with Gasteiger partial charge in [0, 0.05) is 37.0 Å². The number of pyridine rings is 1. The Kier molecular flexibility index (Phi) is 6.95. The van der Waals surface area contributed by atoms with Crippen LogP contribution in [0.1, 0.15) is 45.3 Å². The summed E-state index contributed by atoms with van der Waals surface area (Å²) >= 11 is 0. The summed E-state index contributed by atoms with van der Waals surface area (Å²) < 4.78 is 34.8. The molecule has 2 aromatic carbocycles. The molecule has 3 heterocycles. The smallest absolute Gasteiger partial charge is 0.278 e. The highest BCUT2D eigenvalue weighted by Crippen LogP contribution is 2.26. The molecule has 0 saturated heterocycles. The molecule has 38 heavy (non-hydrogen) atoms. The Morgan fingerprint density at radius 2 is 1.89 bits per heavy atom. The van der Waals surface area contributed by atoms with E-state index in [1.165, 1.54) is 16.9 Å². The van der Waals surface area contributed by atoms with Crippen molar-refractivity contribution in [3.63, 3.8) is 0 Å². The standard InChI is InChI=1S/C28H26F2N4O4/c1-18-7-5-6-12-32-17-34(18)33-15-22(27(36)31-14-20-10-11-21(29)13-23(20)30)25(35)26(24(33)28(32)37)38-16-19-8-3-2-4-9-19/h2-6,8-11,13,15,18H,7,12,14,16-17H2,1H3,(H,31,36)/b6-5-/t18-/m1/s1. The number of nitrogens with zero attached hydrogens (tertiary/aromatic N) is 3. The second-order valence-corrected chi connectivity index (χ2v) is 9.25. The van der Waals surface area contributed by atoms with Crippen LogP contribution in [0.25, 0.3) is 0 Å². The number of benzene rings is 2. The van der Waals surface area contributed by atoms with Crippen LogP contribution in [-0.2, 0) is 13.2 Å². The van der Waals surface area contributed by atoms with Gasteiger partial charge in [-0.25, -0.2) is 8.78 Å². The predicted octanol–water partition coefficient (Wildman–Crippen LogP) is 3.34. The zero-order valence-electron chi connectivity index (χ0n) is 20.7. The first kappa shape index (κ1) is 25.2. The Morgan fingerprint density at radius 3 is 2.66 bits per heavy atom. The first-order chi connectivity index (χ1) is 18.3. The largest absolute Gasteiger partial charge is 0.482 e. The topological polar surface area (TPSA) is 83.9 Å². The number of hydrogen-bond acceptors (Lipinski definition) is 5. The predicted molar refractivity (Wildman–Crippen MR) is 136 cm³/mol. The summed E-state index contributed by atoms with van der Waals surface area (Å²) in [7, 11) is 0. The van der Waals surface area contributed by atoms with Gasteiger partial charge in [0.1, 0.15) is 30.5 Å². The average Bonchev–Trinajstić information content (AvgIpc) is 2.90. The van der Waals surface area contributed by atoms with Crippen molar-refractivity contribution in [3.05, 3.63) is 111 Å². The van der Waals surface area contributed by atoms with Crippen LogP contribution in [0, 0.1) is 11.6 Å². The molecule has 8 nitrogen and oxygen atoms in total. The van der Waals surface area contributed by atoms with Gasteiger partial charge in [-0.3, -0.25) is 24.1 Å². The van der Waals surface area contributed by atoms with Gasteiger partial charge in [0.25, 0.3) is 11.8 Å². The molecule has 0 fully saturated rings. The normalized spacial score (nSPS) is 17.3. The minimum atomic E-state index is -0.812. The minimum Gasteiger partial charge on any atom is -0.482 e. The van der Waals surface area contributed by atoms with E-state index in [4.69, 9.17) is 4.74 Å². The van der Waals surface area contributed by atoms with Crippen molar-refractivity contribution in [2.45, 2.75) is 32.5 Å². The van der Waals surface area contributed by atoms with Gasteiger partial charge in [-0.2, -0.15) is 0 Å². The first-order valence-corrected chi connectivity index (χ1v) is 12.2. The SMILES string of the molecule is C[C@@H]1C/C=C\CN2CN1n1cc(C(=O)NCc3ccc(F)cc3F)c(=O)c(OCc3ccccc3)c1C2=O. The van der Waals surface area contributed by atoms with Crippen molar-refractivity contribution < 1.29 is 23.1 Å². The molecular formula is C28H26F2N4O4. The lowest BCUT2D eigenvalue weighted by molar-refractivity contribution is 0.0691. The van der Waals surface area contributed by atoms with Gasteiger partial charge in [-0.05, 0) is 25.0 Å². The van der Waals surface area contributed by atoms with Crippen LogP contribution in [0.3, 0.4) is 0 Å². The molecule has 0 unspecified atom stereocenters. The molecule has 0 spiro atoms. The lowest BCUT2D eigenvalue weighted by atomic mass is 10.1. The molecule has 5 rings (SSSR count). The average molecular weight is 521 g/mol. The van der Waals surface area contributed by atoms with E-state index < -0.39 is 23.0 Å². The highest BCUT2D eigenvalue weighted by atomic mass is 19.1. The lowest BCUT2D eigenvalue weighted by Gasteiger charge is -2.43. The van der Waals surface area contributed by atoms with Crippen molar-refractivity contribution in [3.8, 4) is 5.75 Å². The first-order valence-electron chi connectivity index (χ1n) is 12.2. The molecule has 2 amide bonds. The van der Waals surface area contributed by atoms with E-state index in [0.717, 1.165) is 17.7 Å². The molecule has 0 aliphatic carbocycles. The number of hydrogen-bond donors (Lipinski definition) is 1. The summed E-state index contributed by atoms with van der Waals surface area (Å²) in [5, 5.41) is 4.42. The van der Waals surface area contributed by atoms with Crippen LogP contribution in [0.4, 0.5) is 8.78 Å². The maximum atomic E-state index is 14.1. The zero-order valence-corrected chi connectivity index (χ0v) is 20.7. The van der Waals surface area contributed by atoms with Crippen LogP contribution in [0.5, 0.6) is 5.75 Å². The maximum Gasteiger partial charge on any atom is 0.278 e. The summed E-state index contributed by atoms with van der Waals surface area (Å²) in [4.78, 5) is 41.9. The zero-order chi connectivity index (χ0) is 26.8. The van der Waals surface area contributed by atoms with Gasteiger partial charge in [-0.15, -0.1) is 0 Å². The van der Waals surface area contributed by atoms with Gasteiger partial charge in [0.15, 0.2) is 11.4 Å². The number of nitrogens with one attached hydrogen (secondary N) is 1. The number of halogens is 2.